The Labute approximate surface area is 246 Å². The van der Waals surface area contributed by atoms with Crippen molar-refractivity contribution in [3.8, 4) is 0 Å². The number of fused-ring (bicyclic) bond motifs is 1. The van der Waals surface area contributed by atoms with Gasteiger partial charge in [-0.1, -0.05) is 81.6 Å². The number of piperazine rings is 1. The first-order chi connectivity index (χ1) is 19.8. The van der Waals surface area contributed by atoms with E-state index in [2.05, 4.69) is 16.6 Å². The van der Waals surface area contributed by atoms with Gasteiger partial charge in [-0.25, -0.2) is 8.78 Å². The number of nitrogens with one attached hydrogen (secondary N) is 2. The number of amides is 1. The molecule has 2 aliphatic rings. The van der Waals surface area contributed by atoms with Gasteiger partial charge in [-0.2, -0.15) is 0 Å². The molecule has 6 nitrogen and oxygen atoms in total. The number of rotatable bonds is 8. The standard InChI is InChI=1S/C28H27F2N3O2S.C2H6O.C2H6/c1-3-7-22(14-20-10-11-21(29)15-24(20)30)36-27(31)23-16-33-13-12-32-28(34)25(33)26(18(23)2)35-17-19-8-5-4-6-9-19;1-3-2;1-2/h4-11,15-16,31H,2-3,12-14,17H2,1H3,(H,32,34);1-2H3;1-2H3/b22-7+,31-27?;;. The maximum Gasteiger partial charge on any atom is 0.271 e. The van der Waals surface area contributed by atoms with E-state index in [1.165, 1.54) is 23.9 Å². The van der Waals surface area contributed by atoms with E-state index in [0.29, 0.717) is 47.7 Å². The molecule has 0 atom stereocenters. The largest absolute Gasteiger partial charge is 0.486 e. The van der Waals surface area contributed by atoms with Gasteiger partial charge in [-0.05, 0) is 28.5 Å². The number of benzene rings is 2. The molecule has 0 bridgehead atoms. The van der Waals surface area contributed by atoms with Gasteiger partial charge in [0.05, 0.1) is 0 Å². The fourth-order valence-electron chi connectivity index (χ4n) is 3.97. The maximum absolute atomic E-state index is 14.3. The number of thioether (sulfide) groups is 1. The Bertz CT molecular complexity index is 1310. The van der Waals surface area contributed by atoms with Crippen molar-refractivity contribution in [2.75, 3.05) is 27.3 Å². The molecule has 41 heavy (non-hydrogen) atoms. The highest BCUT2D eigenvalue weighted by Crippen LogP contribution is 2.36. The topological polar surface area (TPSA) is 74.7 Å². The highest BCUT2D eigenvalue weighted by molar-refractivity contribution is 8.17. The molecule has 220 valence electrons. The second-order valence-electron chi connectivity index (χ2n) is 8.75. The Hall–Kier alpha value is -3.69. The van der Waals surface area contributed by atoms with Crippen LogP contribution in [0.2, 0.25) is 0 Å². The summed E-state index contributed by atoms with van der Waals surface area (Å²) in [5.41, 5.74) is 2.64. The third-order valence-corrected chi connectivity index (χ3v) is 6.75. The van der Waals surface area contributed by atoms with Crippen LogP contribution in [0.25, 0.3) is 0 Å². The van der Waals surface area contributed by atoms with E-state index in [-0.39, 0.29) is 24.0 Å². The first-order valence-corrected chi connectivity index (χ1v) is 14.3. The molecule has 2 heterocycles. The molecule has 0 saturated carbocycles. The summed E-state index contributed by atoms with van der Waals surface area (Å²) in [5, 5.41) is 11.9. The van der Waals surface area contributed by atoms with Crippen LogP contribution in [0.1, 0.15) is 38.3 Å². The van der Waals surface area contributed by atoms with Crippen LogP contribution in [0.3, 0.4) is 0 Å². The highest BCUT2D eigenvalue weighted by Gasteiger charge is 2.34. The Morgan fingerprint density at radius 1 is 1.17 bits per heavy atom. The number of halogens is 2. The van der Waals surface area contributed by atoms with E-state index in [1.807, 2.05) is 57.2 Å². The monoisotopic (exact) mass is 583 g/mol. The molecule has 2 aromatic carbocycles. The Balaban J connectivity index is 0.00000110. The molecule has 0 aliphatic carbocycles. The lowest BCUT2D eigenvalue weighted by Gasteiger charge is -2.35. The molecule has 2 aromatic rings. The van der Waals surface area contributed by atoms with Crippen molar-refractivity contribution in [2.45, 2.75) is 40.2 Å². The molecule has 1 fully saturated rings. The van der Waals surface area contributed by atoms with Crippen LogP contribution in [0.4, 0.5) is 8.78 Å². The zero-order chi connectivity index (χ0) is 30.4. The van der Waals surface area contributed by atoms with E-state index in [4.69, 9.17) is 10.1 Å². The summed E-state index contributed by atoms with van der Waals surface area (Å²) in [5.74, 6) is -1.16. The number of hydrogen-bond donors (Lipinski definition) is 2. The van der Waals surface area contributed by atoms with E-state index in [1.54, 1.807) is 25.3 Å². The fraction of sp³-hybridized carbons (Fsp3) is 0.312. The molecular formula is C32H39F2N3O3S. The van der Waals surface area contributed by atoms with E-state index in [9.17, 15) is 13.6 Å². The van der Waals surface area contributed by atoms with Crippen LogP contribution in [0, 0.1) is 17.0 Å². The highest BCUT2D eigenvalue weighted by atomic mass is 32.2. The summed E-state index contributed by atoms with van der Waals surface area (Å²) >= 11 is 1.19. The summed E-state index contributed by atoms with van der Waals surface area (Å²) in [6, 6.07) is 13.1. The van der Waals surface area contributed by atoms with Crippen molar-refractivity contribution in [3.05, 3.63) is 118 Å². The Morgan fingerprint density at radius 3 is 2.49 bits per heavy atom. The van der Waals surface area contributed by atoms with Crippen molar-refractivity contribution in [3.63, 3.8) is 0 Å². The van der Waals surface area contributed by atoms with Crippen molar-refractivity contribution >= 4 is 22.7 Å². The van der Waals surface area contributed by atoms with Crippen LogP contribution in [-0.2, 0) is 27.3 Å². The average Bonchev–Trinajstić information content (AvgIpc) is 2.96. The first-order valence-electron chi connectivity index (χ1n) is 13.5. The van der Waals surface area contributed by atoms with Gasteiger partial charge in [-0.15, -0.1) is 0 Å². The molecule has 9 heteroatoms. The van der Waals surface area contributed by atoms with Gasteiger partial charge in [0.1, 0.15) is 29.0 Å². The minimum absolute atomic E-state index is 0.202. The molecule has 0 radical (unpaired) electrons. The molecule has 1 amide bonds. The molecule has 4 rings (SSSR count). The lowest BCUT2D eigenvalue weighted by Crippen LogP contribution is -2.46. The van der Waals surface area contributed by atoms with Crippen LogP contribution < -0.4 is 5.32 Å². The number of methoxy groups -OCH3 is 1. The second-order valence-corrected chi connectivity index (χ2v) is 9.89. The van der Waals surface area contributed by atoms with E-state index >= 15 is 0 Å². The average molecular weight is 584 g/mol. The summed E-state index contributed by atoms with van der Waals surface area (Å²) < 4.78 is 38.0. The molecule has 0 aromatic heterocycles. The summed E-state index contributed by atoms with van der Waals surface area (Å²) in [6.07, 6.45) is 4.61. The normalized spacial score (nSPS) is 14.6. The Morgan fingerprint density at radius 2 is 1.85 bits per heavy atom. The van der Waals surface area contributed by atoms with Crippen LogP contribution in [0.5, 0.6) is 0 Å². The van der Waals surface area contributed by atoms with E-state index in [0.717, 1.165) is 16.5 Å². The molecule has 0 spiro atoms. The molecule has 0 unspecified atom stereocenters. The van der Waals surface area contributed by atoms with Gasteiger partial charge in [0, 0.05) is 57.1 Å². The van der Waals surface area contributed by atoms with Gasteiger partial charge < -0.3 is 19.7 Å². The number of hydrogen-bond acceptors (Lipinski definition) is 6. The third kappa shape index (κ3) is 9.43. The minimum atomic E-state index is -0.627. The van der Waals surface area contributed by atoms with Gasteiger partial charge in [0.2, 0.25) is 0 Å². The van der Waals surface area contributed by atoms with Gasteiger partial charge in [-0.3, -0.25) is 10.2 Å². The number of carbonyl (C=O) groups excluding carboxylic acids is 1. The predicted molar refractivity (Wildman–Crippen MR) is 163 cm³/mol. The quantitative estimate of drug-likeness (QED) is 0.256. The van der Waals surface area contributed by atoms with Gasteiger partial charge >= 0.3 is 0 Å². The minimum Gasteiger partial charge on any atom is -0.486 e. The van der Waals surface area contributed by atoms with Crippen LogP contribution in [0.15, 0.2) is 94.9 Å². The third-order valence-electron chi connectivity index (χ3n) is 5.76. The van der Waals surface area contributed by atoms with Crippen molar-refractivity contribution < 1.29 is 23.0 Å². The SMILES string of the molecule is C=C1C(C(=N)S/C(=C/CC)Cc2ccc(F)cc2F)=CN2CCNC(=O)C2=C1OCc1ccccc1.CC.COC. The first kappa shape index (κ1) is 33.5. The predicted octanol–water partition coefficient (Wildman–Crippen LogP) is 7.11. The van der Waals surface area contributed by atoms with Crippen LogP contribution >= 0.6 is 11.8 Å². The number of nitrogens with zero attached hydrogens (tertiary/aromatic N) is 1. The summed E-state index contributed by atoms with van der Waals surface area (Å²) in [6.45, 7) is 11.4. The number of ether oxygens (including phenoxy) is 2. The Kier molecular flexibility index (Phi) is 14.1. The maximum atomic E-state index is 14.3. The molecule has 2 aliphatic heterocycles. The van der Waals surface area contributed by atoms with Crippen molar-refractivity contribution in [1.29, 1.82) is 5.41 Å². The number of allylic oxidation sites excluding steroid dienone is 3. The summed E-state index contributed by atoms with van der Waals surface area (Å²) in [4.78, 5) is 15.3. The molecule has 2 N–H and O–H groups in total. The van der Waals surface area contributed by atoms with Gasteiger partial charge in [0.25, 0.3) is 5.91 Å². The number of carbonyl (C=O) groups is 1. The zero-order valence-electron chi connectivity index (χ0n) is 24.4. The van der Waals surface area contributed by atoms with Crippen molar-refractivity contribution in [1.82, 2.24) is 10.2 Å². The summed E-state index contributed by atoms with van der Waals surface area (Å²) in [7, 11) is 3.25. The lowest BCUT2D eigenvalue weighted by atomic mass is 10.0. The molecule has 1 saturated heterocycles. The van der Waals surface area contributed by atoms with Gasteiger partial charge in [0.15, 0.2) is 5.76 Å². The van der Waals surface area contributed by atoms with Crippen LogP contribution in [-0.4, -0.2) is 43.2 Å². The fourth-order valence-corrected chi connectivity index (χ4v) is 5.00. The van der Waals surface area contributed by atoms with Crippen molar-refractivity contribution in [2.24, 2.45) is 0 Å². The van der Waals surface area contributed by atoms with E-state index < -0.39 is 11.6 Å². The second kappa shape index (κ2) is 17.2. The lowest BCUT2D eigenvalue weighted by molar-refractivity contribution is -0.120. The molecular weight excluding hydrogens is 544 g/mol. The zero-order valence-corrected chi connectivity index (χ0v) is 25.2. The smallest absolute Gasteiger partial charge is 0.271 e.